The van der Waals surface area contributed by atoms with E-state index in [4.69, 9.17) is 27.4 Å². The third-order valence-corrected chi connectivity index (χ3v) is 3.62. The molecule has 0 spiro atoms. The molecule has 0 bridgehead atoms. The number of benzene rings is 2. The fraction of sp³-hybridized carbons (Fsp3) is 0.133. The van der Waals surface area contributed by atoms with Crippen LogP contribution in [0.1, 0.15) is 11.1 Å². The van der Waals surface area contributed by atoms with Crippen molar-refractivity contribution in [3.63, 3.8) is 0 Å². The Kier molecular flexibility index (Phi) is 4.98. The van der Waals surface area contributed by atoms with E-state index in [0.29, 0.717) is 11.6 Å². The predicted octanol–water partition coefficient (Wildman–Crippen LogP) is 3.67. The van der Waals surface area contributed by atoms with Crippen LogP contribution in [0.25, 0.3) is 0 Å². The van der Waals surface area contributed by atoms with E-state index in [2.05, 4.69) is 15.9 Å². The third-order valence-electron chi connectivity index (χ3n) is 2.75. The van der Waals surface area contributed by atoms with Crippen LogP contribution in [0.3, 0.4) is 0 Å². The molecule has 104 valence electrons. The first-order valence-corrected chi connectivity index (χ1v) is 7.15. The SMILES string of the molecule is COc1cccc(COc2ccc(C(N)=S)c(Br)c2)c1. The lowest BCUT2D eigenvalue weighted by Crippen LogP contribution is -2.10. The zero-order valence-electron chi connectivity index (χ0n) is 10.9. The Balaban J connectivity index is 2.07. The summed E-state index contributed by atoms with van der Waals surface area (Å²) in [7, 11) is 1.64. The highest BCUT2D eigenvalue weighted by Gasteiger charge is 2.05. The Morgan fingerprint density at radius 1 is 1.20 bits per heavy atom. The van der Waals surface area contributed by atoms with Gasteiger partial charge in [-0.05, 0) is 51.8 Å². The average Bonchev–Trinajstić information content (AvgIpc) is 2.45. The molecule has 0 fully saturated rings. The molecule has 0 aromatic heterocycles. The maximum absolute atomic E-state index is 5.74. The molecule has 20 heavy (non-hydrogen) atoms. The van der Waals surface area contributed by atoms with Crippen LogP contribution in [0, 0.1) is 0 Å². The molecular formula is C15H14BrNO2S. The number of nitrogens with two attached hydrogens (primary N) is 1. The summed E-state index contributed by atoms with van der Waals surface area (Å²) in [5.41, 5.74) is 7.45. The largest absolute Gasteiger partial charge is 0.497 e. The summed E-state index contributed by atoms with van der Waals surface area (Å²) in [5, 5.41) is 0. The third kappa shape index (κ3) is 3.71. The summed E-state index contributed by atoms with van der Waals surface area (Å²) in [6.45, 7) is 0.468. The Bertz CT molecular complexity index is 631. The lowest BCUT2D eigenvalue weighted by Gasteiger charge is -2.09. The summed E-state index contributed by atoms with van der Waals surface area (Å²) in [6, 6.07) is 13.3. The van der Waals surface area contributed by atoms with Gasteiger partial charge in [-0.2, -0.15) is 0 Å². The quantitative estimate of drug-likeness (QED) is 0.834. The van der Waals surface area contributed by atoms with Gasteiger partial charge in [0.1, 0.15) is 23.1 Å². The summed E-state index contributed by atoms with van der Waals surface area (Å²) in [5.74, 6) is 1.57. The van der Waals surface area contributed by atoms with Crippen LogP contribution in [0.15, 0.2) is 46.9 Å². The molecule has 5 heteroatoms. The number of methoxy groups -OCH3 is 1. The molecule has 2 aromatic carbocycles. The smallest absolute Gasteiger partial charge is 0.120 e. The molecule has 0 amide bonds. The molecule has 2 aromatic rings. The molecule has 0 radical (unpaired) electrons. The Morgan fingerprint density at radius 3 is 2.65 bits per heavy atom. The van der Waals surface area contributed by atoms with Crippen molar-refractivity contribution in [2.75, 3.05) is 7.11 Å². The number of ether oxygens (including phenoxy) is 2. The number of halogens is 1. The van der Waals surface area contributed by atoms with Crippen molar-refractivity contribution in [2.24, 2.45) is 5.73 Å². The molecule has 0 saturated carbocycles. The van der Waals surface area contributed by atoms with E-state index < -0.39 is 0 Å². The topological polar surface area (TPSA) is 44.5 Å². The molecular weight excluding hydrogens is 338 g/mol. The molecule has 0 heterocycles. The second-order valence-corrected chi connectivity index (χ2v) is 5.44. The van der Waals surface area contributed by atoms with Crippen molar-refractivity contribution < 1.29 is 9.47 Å². The predicted molar refractivity (Wildman–Crippen MR) is 87.4 cm³/mol. The van der Waals surface area contributed by atoms with Crippen molar-refractivity contribution in [3.05, 3.63) is 58.1 Å². The van der Waals surface area contributed by atoms with E-state index in [-0.39, 0.29) is 0 Å². The van der Waals surface area contributed by atoms with Gasteiger partial charge in [-0.15, -0.1) is 0 Å². The van der Waals surface area contributed by atoms with Crippen molar-refractivity contribution in [1.29, 1.82) is 0 Å². The molecule has 0 saturated heterocycles. The van der Waals surface area contributed by atoms with Crippen LogP contribution in [0.2, 0.25) is 0 Å². The minimum Gasteiger partial charge on any atom is -0.497 e. The first-order valence-electron chi connectivity index (χ1n) is 5.95. The molecule has 3 nitrogen and oxygen atoms in total. The van der Waals surface area contributed by atoms with Gasteiger partial charge < -0.3 is 15.2 Å². The van der Waals surface area contributed by atoms with Crippen molar-refractivity contribution in [1.82, 2.24) is 0 Å². The molecule has 0 unspecified atom stereocenters. The first kappa shape index (κ1) is 14.8. The van der Waals surface area contributed by atoms with Crippen molar-refractivity contribution in [2.45, 2.75) is 6.61 Å². The van der Waals surface area contributed by atoms with E-state index in [1.54, 1.807) is 7.11 Å². The van der Waals surface area contributed by atoms with E-state index in [1.807, 2.05) is 42.5 Å². The fourth-order valence-corrected chi connectivity index (χ4v) is 2.59. The molecule has 0 aliphatic rings. The molecule has 0 aliphatic carbocycles. The maximum atomic E-state index is 5.74. The Hall–Kier alpha value is -1.59. The second kappa shape index (κ2) is 6.72. The van der Waals surface area contributed by atoms with Crippen molar-refractivity contribution >= 4 is 33.1 Å². The first-order chi connectivity index (χ1) is 9.60. The minimum absolute atomic E-state index is 0.358. The molecule has 0 atom stereocenters. The van der Waals surface area contributed by atoms with Gasteiger partial charge in [0, 0.05) is 10.0 Å². The van der Waals surface area contributed by atoms with E-state index in [9.17, 15) is 0 Å². The highest BCUT2D eigenvalue weighted by Crippen LogP contribution is 2.24. The second-order valence-electron chi connectivity index (χ2n) is 4.15. The normalized spacial score (nSPS) is 10.1. The molecule has 0 aliphatic heterocycles. The van der Waals surface area contributed by atoms with Crippen molar-refractivity contribution in [3.8, 4) is 11.5 Å². The lowest BCUT2D eigenvalue weighted by molar-refractivity contribution is 0.305. The molecule has 2 rings (SSSR count). The van der Waals surface area contributed by atoms with E-state index in [1.165, 1.54) is 0 Å². The molecule has 2 N–H and O–H groups in total. The standard InChI is InChI=1S/C15H14BrNO2S/c1-18-11-4-2-3-10(7-11)9-19-12-5-6-13(15(17)20)14(16)8-12/h2-8H,9H2,1H3,(H2,17,20). The van der Waals surface area contributed by atoms with Gasteiger partial charge in [-0.25, -0.2) is 0 Å². The summed E-state index contributed by atoms with van der Waals surface area (Å²) >= 11 is 8.38. The van der Waals surface area contributed by atoms with Crippen LogP contribution in [-0.2, 0) is 6.61 Å². The summed E-state index contributed by atoms with van der Waals surface area (Å²) in [4.78, 5) is 0.358. The van der Waals surface area contributed by atoms with Gasteiger partial charge in [0.25, 0.3) is 0 Å². The zero-order valence-corrected chi connectivity index (χ0v) is 13.3. The summed E-state index contributed by atoms with van der Waals surface area (Å²) in [6.07, 6.45) is 0. The van der Waals surface area contributed by atoms with Gasteiger partial charge in [0.2, 0.25) is 0 Å². The van der Waals surface area contributed by atoms with Crippen LogP contribution in [0.5, 0.6) is 11.5 Å². The van der Waals surface area contributed by atoms with Gasteiger partial charge in [-0.1, -0.05) is 24.4 Å². The fourth-order valence-electron chi connectivity index (χ4n) is 1.71. The van der Waals surface area contributed by atoms with Crippen LogP contribution < -0.4 is 15.2 Å². The van der Waals surface area contributed by atoms with E-state index in [0.717, 1.165) is 27.1 Å². The number of thiocarbonyl (C=S) groups is 1. The average molecular weight is 352 g/mol. The highest BCUT2D eigenvalue weighted by atomic mass is 79.9. The summed E-state index contributed by atoms with van der Waals surface area (Å²) < 4.78 is 11.7. The van der Waals surface area contributed by atoms with Crippen LogP contribution >= 0.6 is 28.1 Å². The highest BCUT2D eigenvalue weighted by molar-refractivity contribution is 9.10. The zero-order chi connectivity index (χ0) is 14.5. The van der Waals surface area contributed by atoms with Crippen LogP contribution in [0.4, 0.5) is 0 Å². The van der Waals surface area contributed by atoms with Gasteiger partial charge in [0.15, 0.2) is 0 Å². The van der Waals surface area contributed by atoms with E-state index >= 15 is 0 Å². The Labute approximate surface area is 131 Å². The number of hydrogen-bond donors (Lipinski definition) is 1. The van der Waals surface area contributed by atoms with Gasteiger partial charge in [0.05, 0.1) is 7.11 Å². The number of rotatable bonds is 5. The van der Waals surface area contributed by atoms with Gasteiger partial charge >= 0.3 is 0 Å². The lowest BCUT2D eigenvalue weighted by atomic mass is 10.2. The van der Waals surface area contributed by atoms with Crippen LogP contribution in [-0.4, -0.2) is 12.1 Å². The number of hydrogen-bond acceptors (Lipinski definition) is 3. The Morgan fingerprint density at radius 2 is 2.00 bits per heavy atom. The minimum atomic E-state index is 0.358. The monoisotopic (exact) mass is 351 g/mol. The van der Waals surface area contributed by atoms with Gasteiger partial charge in [-0.3, -0.25) is 0 Å². The maximum Gasteiger partial charge on any atom is 0.120 e.